The highest BCUT2D eigenvalue weighted by molar-refractivity contribution is 8.76. The number of aliphatic hydroxyl groups is 3. The molecule has 14 heteroatoms. The Morgan fingerprint density at radius 2 is 1.90 bits per heavy atom. The molecule has 2 saturated heterocycles. The number of fused-ring (bicyclic) bond motifs is 3. The van der Waals surface area contributed by atoms with Gasteiger partial charge in [-0.25, -0.2) is 4.79 Å². The maximum absolute atomic E-state index is 12.7. The van der Waals surface area contributed by atoms with E-state index in [-0.39, 0.29) is 54.1 Å². The van der Waals surface area contributed by atoms with Crippen LogP contribution in [-0.4, -0.2) is 106 Å². The Labute approximate surface area is 363 Å². The number of aliphatic carboxylic acids is 1. The van der Waals surface area contributed by atoms with E-state index in [0.717, 1.165) is 37.0 Å². The molecule has 0 bridgehead atoms. The van der Waals surface area contributed by atoms with Crippen LogP contribution in [0.2, 0.25) is 0 Å². The second kappa shape index (κ2) is 19.5. The Morgan fingerprint density at radius 3 is 2.72 bits per heavy atom. The van der Waals surface area contributed by atoms with Crippen LogP contribution in [-0.2, 0) is 20.7 Å². The molecule has 2 fully saturated rings. The molecule has 0 radical (unpaired) electrons. The molecular formula is C47H50N2O10S2. The summed E-state index contributed by atoms with van der Waals surface area (Å²) in [5, 5.41) is 58.9. The number of rotatable bonds is 6. The Kier molecular flexibility index (Phi) is 13.8. The molecule has 61 heavy (non-hydrogen) atoms. The summed E-state index contributed by atoms with van der Waals surface area (Å²) in [6.07, 6.45) is 6.30. The topological polar surface area (TPSA) is 180 Å². The van der Waals surface area contributed by atoms with Crippen LogP contribution >= 0.6 is 21.6 Å². The zero-order valence-corrected chi connectivity index (χ0v) is 35.2. The predicted octanol–water partition coefficient (Wildman–Crippen LogP) is 6.51. The monoisotopic (exact) mass is 866 g/mol. The van der Waals surface area contributed by atoms with Crippen molar-refractivity contribution in [3.05, 3.63) is 107 Å². The third-order valence-electron chi connectivity index (χ3n) is 12.0. The van der Waals surface area contributed by atoms with Crippen LogP contribution in [0.15, 0.2) is 89.4 Å². The average molecular weight is 867 g/mol. The van der Waals surface area contributed by atoms with E-state index in [9.17, 15) is 30.3 Å². The van der Waals surface area contributed by atoms with Crippen molar-refractivity contribution in [3.63, 3.8) is 0 Å². The number of hydrogen-bond acceptors (Lipinski definition) is 13. The van der Waals surface area contributed by atoms with Gasteiger partial charge >= 0.3 is 5.97 Å². The lowest BCUT2D eigenvalue weighted by atomic mass is 9.75. The van der Waals surface area contributed by atoms with E-state index in [2.05, 4.69) is 64.6 Å². The first kappa shape index (κ1) is 42.9. The number of β-amino-alcohol motifs (C(OH)–C–C–N with tert-alkyl or cyclic N) is 1. The summed E-state index contributed by atoms with van der Waals surface area (Å²) >= 11 is 0. The number of aliphatic hydroxyl groups excluding tert-OH is 2. The van der Waals surface area contributed by atoms with E-state index in [1.807, 2.05) is 6.21 Å². The van der Waals surface area contributed by atoms with Crippen LogP contribution < -0.4 is 14.8 Å². The molecule has 4 heterocycles. The van der Waals surface area contributed by atoms with Gasteiger partial charge in [0, 0.05) is 43.0 Å². The van der Waals surface area contributed by atoms with E-state index < -0.39 is 36.2 Å². The third-order valence-corrected chi connectivity index (χ3v) is 14.1. The van der Waals surface area contributed by atoms with Crippen LogP contribution in [0, 0.1) is 29.6 Å². The fourth-order valence-corrected chi connectivity index (χ4v) is 10.8. The highest BCUT2D eigenvalue weighted by Crippen LogP contribution is 2.42. The molecule has 8 rings (SSSR count). The molecule has 12 nitrogen and oxygen atoms in total. The summed E-state index contributed by atoms with van der Waals surface area (Å²) in [6.45, 7) is 0.917. The summed E-state index contributed by atoms with van der Waals surface area (Å²) in [5.74, 6) is 7.10. The molecule has 0 aromatic heterocycles. The number of ether oxygens (including phenoxy) is 4. The molecule has 0 spiro atoms. The zero-order valence-electron chi connectivity index (χ0n) is 33.5. The minimum atomic E-state index is -2.09. The lowest BCUT2D eigenvalue weighted by molar-refractivity contribution is -0.316. The van der Waals surface area contributed by atoms with Gasteiger partial charge in [0.2, 0.25) is 6.29 Å². The molecule has 4 aliphatic heterocycles. The molecule has 1 aliphatic carbocycles. The third kappa shape index (κ3) is 9.69. The Balaban J connectivity index is 1.09. The first-order valence-corrected chi connectivity index (χ1v) is 23.1. The van der Waals surface area contributed by atoms with E-state index >= 15 is 0 Å². The van der Waals surface area contributed by atoms with Crippen LogP contribution in [0.25, 0.3) is 17.4 Å². The molecule has 8 atom stereocenters. The van der Waals surface area contributed by atoms with Crippen LogP contribution in [0.4, 0.5) is 0 Å². The van der Waals surface area contributed by atoms with E-state index in [1.165, 1.54) is 40.1 Å². The maximum atomic E-state index is 12.7. The van der Waals surface area contributed by atoms with Gasteiger partial charge < -0.3 is 49.8 Å². The van der Waals surface area contributed by atoms with Crippen molar-refractivity contribution in [1.29, 1.82) is 0 Å². The van der Waals surface area contributed by atoms with Gasteiger partial charge in [-0.3, -0.25) is 4.99 Å². The summed E-state index contributed by atoms with van der Waals surface area (Å²) in [6, 6.07) is 19.6. The average Bonchev–Trinajstić information content (AvgIpc) is 3.79. The van der Waals surface area contributed by atoms with Crippen molar-refractivity contribution >= 4 is 51.2 Å². The number of carboxylic acids is 1. The van der Waals surface area contributed by atoms with Gasteiger partial charge in [-0.1, -0.05) is 76.2 Å². The molecule has 320 valence electrons. The van der Waals surface area contributed by atoms with Crippen molar-refractivity contribution in [2.75, 3.05) is 37.9 Å². The van der Waals surface area contributed by atoms with Crippen LogP contribution in [0.3, 0.4) is 0 Å². The Bertz CT molecular complexity index is 2250. The molecule has 3 aromatic rings. The smallest absolute Gasteiger partial charge is 0.335 e. The highest BCUT2D eigenvalue weighted by atomic mass is 33.1. The number of nitrogens with zero attached hydrogens (tertiary/aromatic N) is 1. The molecular weight excluding hydrogens is 817 g/mol. The number of carboxylic acid groups (broad SMARTS) is 1. The highest BCUT2D eigenvalue weighted by Gasteiger charge is 2.59. The predicted molar refractivity (Wildman–Crippen MR) is 237 cm³/mol. The number of phenols is 1. The van der Waals surface area contributed by atoms with Crippen molar-refractivity contribution in [1.82, 2.24) is 5.32 Å². The second-order valence-corrected chi connectivity index (χ2v) is 18.3. The minimum Gasteiger partial charge on any atom is -0.508 e. The van der Waals surface area contributed by atoms with Gasteiger partial charge in [-0.05, 0) is 90.1 Å². The van der Waals surface area contributed by atoms with Gasteiger partial charge in [0.05, 0.1) is 12.1 Å². The van der Waals surface area contributed by atoms with E-state index in [1.54, 1.807) is 35.1 Å². The van der Waals surface area contributed by atoms with Crippen LogP contribution in [0.5, 0.6) is 17.2 Å². The summed E-state index contributed by atoms with van der Waals surface area (Å²) in [4.78, 5) is 17.0. The first-order chi connectivity index (χ1) is 29.7. The van der Waals surface area contributed by atoms with Crippen molar-refractivity contribution < 1.29 is 49.3 Å². The van der Waals surface area contributed by atoms with Gasteiger partial charge in [-0.15, -0.1) is 11.8 Å². The normalized spacial score (nSPS) is 30.1. The molecule has 0 amide bonds. The number of carbonyl (C=O) groups is 1. The van der Waals surface area contributed by atoms with Crippen molar-refractivity contribution in [2.45, 2.75) is 62.3 Å². The van der Waals surface area contributed by atoms with Crippen molar-refractivity contribution in [3.8, 4) is 29.1 Å². The summed E-state index contributed by atoms with van der Waals surface area (Å²) in [7, 11) is 3.05. The fraction of sp³-hybridized carbons (Fsp3) is 0.404. The second-order valence-electron chi connectivity index (χ2n) is 15.9. The van der Waals surface area contributed by atoms with Gasteiger partial charge in [0.25, 0.3) is 0 Å². The number of aryl methyl sites for hydroxylation is 1. The molecule has 6 N–H and O–H groups in total. The SMILES string of the molecule is O=C(O)[C@H]1O[C@@H](Oc2ccc3c(c2)OCC(c2ccc(O)cc2)=C3O)[C@@]2(O)CNC[C@@H]([C@@H]3CC#CCCCc4ccccc4/C=C\C3)[C@@H](C3=CCN=C3)CSSCO[C@H]2[C@@H]1O. The number of nitrogens with one attached hydrogen (secondary N) is 1. The molecule has 0 saturated carbocycles. The minimum absolute atomic E-state index is 0.00671. The standard InChI is InChI=1S/C47H50N2O10S2/c50-34-16-14-32(15-17-34)38-25-56-40-22-35(18-19-36(40)41(38)51)58-46-47(55)27-49-24-37(31-11-4-2-1-3-8-29-9-5-6-10-30(29)12-7-13-31)39(33-20-21-48-23-33)26-60-61-28-57-44(47)42(52)43(59-46)45(53)54/h5-7,9-10,12,14-20,22-23,31,37,39,42-44,46,49-52,55H,1,3,8,11,13,21,24-28H2,(H,53,54)/b12-7-/t31-,37+,39-,42-,43+,44+,46-,47-/m1/s1. The number of allylic oxidation sites excluding steroid dienone is 2. The Morgan fingerprint density at radius 1 is 1.05 bits per heavy atom. The quantitative estimate of drug-likeness (QED) is 0.117. The number of aromatic hydroxyl groups is 1. The number of hydrogen-bond donors (Lipinski definition) is 6. The van der Waals surface area contributed by atoms with Gasteiger partial charge in [-0.2, -0.15) is 0 Å². The summed E-state index contributed by atoms with van der Waals surface area (Å²) < 4.78 is 24.5. The van der Waals surface area contributed by atoms with Crippen LogP contribution in [0.1, 0.15) is 47.9 Å². The summed E-state index contributed by atoms with van der Waals surface area (Å²) in [5.41, 5.74) is 3.20. The number of benzene rings is 3. The van der Waals surface area contributed by atoms with Gasteiger partial charge in [0.1, 0.15) is 47.8 Å². The van der Waals surface area contributed by atoms with E-state index in [0.29, 0.717) is 42.0 Å². The maximum Gasteiger partial charge on any atom is 0.335 e. The van der Waals surface area contributed by atoms with Gasteiger partial charge in [0.15, 0.2) is 11.7 Å². The molecule has 0 unspecified atom stereocenters. The lowest BCUT2D eigenvalue weighted by Gasteiger charge is -2.49. The first-order valence-electron chi connectivity index (χ1n) is 20.6. The zero-order chi connectivity index (χ0) is 42.3. The van der Waals surface area contributed by atoms with Crippen molar-refractivity contribution in [2.24, 2.45) is 22.7 Å². The number of phenolic OH excluding ortho intramolecular Hbond substituents is 1. The van der Waals surface area contributed by atoms with E-state index in [4.69, 9.17) is 18.9 Å². The molecule has 5 aliphatic rings. The fourth-order valence-electron chi connectivity index (χ4n) is 8.74. The molecule has 3 aromatic carbocycles. The number of aliphatic imine (C=N–C) groups is 1. The largest absolute Gasteiger partial charge is 0.508 e. The lowest BCUT2D eigenvalue weighted by Crippen LogP contribution is -2.72. The Hall–Kier alpha value is -4.72.